The van der Waals surface area contributed by atoms with E-state index in [-0.39, 0.29) is 39.6 Å². The Morgan fingerprint density at radius 2 is 1.79 bits per heavy atom. The Hall–Kier alpha value is -3.48. The Kier molecular flexibility index (Phi) is 6.55. The van der Waals surface area contributed by atoms with E-state index in [1.807, 2.05) is 0 Å². The van der Waals surface area contributed by atoms with E-state index < -0.39 is 28.0 Å². The number of nitrogens with one attached hydrogen (secondary N) is 1. The van der Waals surface area contributed by atoms with Crippen LogP contribution < -0.4 is 13.8 Å². The van der Waals surface area contributed by atoms with Crippen LogP contribution in [0.4, 0.5) is 16.0 Å². The monoisotopic (exact) mass is 524 g/mol. The van der Waals surface area contributed by atoms with Crippen molar-refractivity contribution in [3.8, 4) is 6.01 Å². The number of aromatic nitrogens is 4. The lowest BCUT2D eigenvalue weighted by Gasteiger charge is -2.24. The van der Waals surface area contributed by atoms with Crippen molar-refractivity contribution in [2.24, 2.45) is 0 Å². The second kappa shape index (κ2) is 9.41. The first-order chi connectivity index (χ1) is 16.2. The maximum atomic E-state index is 13.8. The third-order valence-corrected chi connectivity index (χ3v) is 6.22. The van der Waals surface area contributed by atoms with Crippen LogP contribution in [-0.4, -0.2) is 40.5 Å². The normalized spacial score (nSPS) is 11.4. The summed E-state index contributed by atoms with van der Waals surface area (Å²) in [6.45, 7) is 1.80. The van der Waals surface area contributed by atoms with Gasteiger partial charge in [0, 0.05) is 11.6 Å². The number of rotatable bonds is 7. The molecule has 0 saturated heterocycles. The number of hydrogen-bond acceptors (Lipinski definition) is 7. The predicted octanol–water partition coefficient (Wildman–Crippen LogP) is 3.97. The fourth-order valence-electron chi connectivity index (χ4n) is 2.97. The number of ether oxygens (including phenoxy) is 1. The largest absolute Gasteiger partial charge is 0.464 e. The van der Waals surface area contributed by atoms with E-state index in [9.17, 15) is 17.6 Å². The lowest BCUT2D eigenvalue weighted by Crippen LogP contribution is -2.41. The number of carbonyl (C=O) groups excluding carboxylic acids is 1. The van der Waals surface area contributed by atoms with E-state index in [0.29, 0.717) is 4.31 Å². The SMILES string of the molecule is CCOc1nc(F)cc2nc(NS(=O)(=O)N(C(=O)c3ccccc3)c3c(Cl)cccc3Cl)nn12. The molecule has 1 amide bonds. The number of hydrogen-bond donors (Lipinski definition) is 1. The van der Waals surface area contributed by atoms with E-state index >= 15 is 0 Å². The molecule has 14 heteroatoms. The average Bonchev–Trinajstić information content (AvgIpc) is 3.18. The zero-order chi connectivity index (χ0) is 24.5. The molecule has 2 heterocycles. The summed E-state index contributed by atoms with van der Waals surface area (Å²) in [5, 5.41) is 3.79. The van der Waals surface area contributed by atoms with Gasteiger partial charge in [0.25, 0.3) is 11.9 Å². The average molecular weight is 525 g/mol. The van der Waals surface area contributed by atoms with Crippen LogP contribution in [0.1, 0.15) is 17.3 Å². The summed E-state index contributed by atoms with van der Waals surface area (Å²) >= 11 is 12.5. The van der Waals surface area contributed by atoms with Gasteiger partial charge in [-0.25, -0.2) is 4.72 Å². The molecular weight excluding hydrogens is 510 g/mol. The molecule has 0 aliphatic rings. The Balaban J connectivity index is 1.82. The van der Waals surface area contributed by atoms with Crippen LogP contribution in [0.3, 0.4) is 0 Å². The highest BCUT2D eigenvalue weighted by Gasteiger charge is 2.34. The summed E-state index contributed by atoms with van der Waals surface area (Å²) in [4.78, 5) is 20.8. The van der Waals surface area contributed by atoms with Gasteiger partial charge in [0.15, 0.2) is 5.65 Å². The van der Waals surface area contributed by atoms with E-state index in [0.717, 1.165) is 10.6 Å². The van der Waals surface area contributed by atoms with Gasteiger partial charge in [-0.15, -0.1) is 5.10 Å². The first-order valence-corrected chi connectivity index (χ1v) is 11.8. The number of carbonyl (C=O) groups is 1. The molecule has 4 aromatic rings. The van der Waals surface area contributed by atoms with E-state index in [2.05, 4.69) is 19.8 Å². The van der Waals surface area contributed by atoms with Crippen molar-refractivity contribution in [2.75, 3.05) is 15.6 Å². The lowest BCUT2D eigenvalue weighted by atomic mass is 10.2. The molecular formula is C20H15Cl2FN6O4S. The second-order valence-electron chi connectivity index (χ2n) is 6.61. The summed E-state index contributed by atoms with van der Waals surface area (Å²) in [5.41, 5.74) is -0.291. The number of fused-ring (bicyclic) bond motifs is 1. The van der Waals surface area contributed by atoms with Crippen LogP contribution in [-0.2, 0) is 10.2 Å². The van der Waals surface area contributed by atoms with E-state index in [1.165, 1.54) is 30.3 Å². The van der Waals surface area contributed by atoms with Crippen molar-refractivity contribution in [1.29, 1.82) is 0 Å². The van der Waals surface area contributed by atoms with Crippen molar-refractivity contribution >= 4 is 56.6 Å². The van der Waals surface area contributed by atoms with Crippen molar-refractivity contribution in [3.63, 3.8) is 0 Å². The first kappa shape index (κ1) is 23.7. The molecule has 0 aliphatic carbocycles. The van der Waals surface area contributed by atoms with E-state index in [1.54, 1.807) is 25.1 Å². The molecule has 2 aromatic heterocycles. The van der Waals surface area contributed by atoms with Crippen molar-refractivity contribution < 1.29 is 22.3 Å². The van der Waals surface area contributed by atoms with Crippen LogP contribution >= 0.6 is 23.2 Å². The van der Waals surface area contributed by atoms with E-state index in [4.69, 9.17) is 27.9 Å². The Morgan fingerprint density at radius 3 is 2.44 bits per heavy atom. The fourth-order valence-corrected chi connectivity index (χ4v) is 4.81. The molecule has 2 aromatic carbocycles. The highest BCUT2D eigenvalue weighted by atomic mass is 35.5. The van der Waals surface area contributed by atoms with Crippen LogP contribution in [0.2, 0.25) is 10.0 Å². The molecule has 0 saturated carbocycles. The van der Waals surface area contributed by atoms with Gasteiger partial charge in [-0.1, -0.05) is 47.5 Å². The molecule has 0 bridgehead atoms. The molecule has 0 atom stereocenters. The third kappa shape index (κ3) is 4.60. The minimum Gasteiger partial charge on any atom is -0.464 e. The maximum Gasteiger partial charge on any atom is 0.333 e. The molecule has 0 radical (unpaired) electrons. The molecule has 4 rings (SSSR count). The lowest BCUT2D eigenvalue weighted by molar-refractivity contribution is 0.101. The first-order valence-electron chi connectivity index (χ1n) is 9.64. The predicted molar refractivity (Wildman–Crippen MR) is 124 cm³/mol. The highest BCUT2D eigenvalue weighted by molar-refractivity contribution is 7.94. The van der Waals surface area contributed by atoms with Crippen LogP contribution in [0.15, 0.2) is 54.6 Å². The highest BCUT2D eigenvalue weighted by Crippen LogP contribution is 2.36. The van der Waals surface area contributed by atoms with Crippen molar-refractivity contribution in [1.82, 2.24) is 19.6 Å². The third-order valence-electron chi connectivity index (χ3n) is 4.34. The molecule has 0 unspecified atom stereocenters. The van der Waals surface area contributed by atoms with Gasteiger partial charge in [-0.05, 0) is 31.2 Å². The van der Waals surface area contributed by atoms with Crippen LogP contribution in [0, 0.1) is 5.95 Å². The fraction of sp³-hybridized carbons (Fsp3) is 0.100. The Morgan fingerprint density at radius 1 is 1.12 bits per heavy atom. The molecule has 176 valence electrons. The zero-order valence-electron chi connectivity index (χ0n) is 17.3. The summed E-state index contributed by atoms with van der Waals surface area (Å²) in [5.74, 6) is -2.31. The summed E-state index contributed by atoms with van der Waals surface area (Å²) < 4.78 is 49.4. The van der Waals surface area contributed by atoms with Gasteiger partial charge in [-0.2, -0.15) is 31.6 Å². The number of anilines is 2. The molecule has 0 fully saturated rings. The minimum absolute atomic E-state index is 0.0525. The Bertz CT molecular complexity index is 1460. The van der Waals surface area contributed by atoms with Gasteiger partial charge in [0.05, 0.1) is 22.3 Å². The zero-order valence-corrected chi connectivity index (χ0v) is 19.6. The number of amides is 1. The van der Waals surface area contributed by atoms with Crippen molar-refractivity contribution in [3.05, 3.63) is 76.2 Å². The number of nitrogens with zero attached hydrogens (tertiary/aromatic N) is 5. The standard InChI is InChI=1S/C20H15Cl2FN6O4S/c1-2-33-20-24-15(23)11-16-25-19(26-28(16)20)27-34(31,32)29(17-13(21)9-6-10-14(17)22)18(30)12-7-4-3-5-8-12/h3-11H,2H2,1H3,(H,26,27). The smallest absolute Gasteiger partial charge is 0.333 e. The van der Waals surface area contributed by atoms with Crippen LogP contribution in [0.25, 0.3) is 5.65 Å². The summed E-state index contributed by atoms with van der Waals surface area (Å²) in [7, 11) is -4.73. The van der Waals surface area contributed by atoms with Gasteiger partial charge in [0.1, 0.15) is 0 Å². The van der Waals surface area contributed by atoms with Gasteiger partial charge < -0.3 is 4.74 Å². The number of benzene rings is 2. The van der Waals surface area contributed by atoms with Gasteiger partial charge in [-0.3, -0.25) is 4.79 Å². The molecule has 10 nitrogen and oxygen atoms in total. The molecule has 34 heavy (non-hydrogen) atoms. The summed E-state index contributed by atoms with van der Waals surface area (Å²) in [6.07, 6.45) is 0. The maximum absolute atomic E-state index is 13.8. The number of para-hydroxylation sites is 1. The molecule has 1 N–H and O–H groups in total. The topological polar surface area (TPSA) is 119 Å². The molecule has 0 aliphatic heterocycles. The number of halogens is 3. The van der Waals surface area contributed by atoms with Crippen molar-refractivity contribution in [2.45, 2.75) is 6.92 Å². The second-order valence-corrected chi connectivity index (χ2v) is 8.95. The summed E-state index contributed by atoms with van der Waals surface area (Å²) in [6, 6.07) is 12.6. The molecule has 0 spiro atoms. The quantitative estimate of drug-likeness (QED) is 0.363. The van der Waals surface area contributed by atoms with Gasteiger partial charge >= 0.3 is 16.2 Å². The Labute approximate surface area is 203 Å². The van der Waals surface area contributed by atoms with Gasteiger partial charge in [0.2, 0.25) is 5.95 Å². The van der Waals surface area contributed by atoms with Crippen LogP contribution in [0.5, 0.6) is 6.01 Å². The minimum atomic E-state index is -4.73.